The molecule has 0 fully saturated rings. The minimum absolute atomic E-state index is 0.0843. The number of hydrogen-bond acceptors (Lipinski definition) is 5. The van der Waals surface area contributed by atoms with Gasteiger partial charge in [-0.25, -0.2) is 4.98 Å². The summed E-state index contributed by atoms with van der Waals surface area (Å²) in [5.74, 6) is 2.36. The number of fused-ring (bicyclic) bond motifs is 5. The van der Waals surface area contributed by atoms with Crippen molar-refractivity contribution in [3.05, 3.63) is 145 Å². The molecule has 8 aromatic rings. The van der Waals surface area contributed by atoms with Gasteiger partial charge in [-0.15, -0.1) is 0 Å². The molecule has 5 aromatic carbocycles. The highest BCUT2D eigenvalue weighted by atomic mass is 16.5. The summed E-state index contributed by atoms with van der Waals surface area (Å²) in [6.45, 7) is 7.45. The van der Waals surface area contributed by atoms with Gasteiger partial charge in [0.25, 0.3) is 0 Å². The summed E-state index contributed by atoms with van der Waals surface area (Å²) in [5.41, 5.74) is 8.64. The molecule has 234 valence electrons. The van der Waals surface area contributed by atoms with Crippen LogP contribution in [0.1, 0.15) is 26.3 Å². The summed E-state index contributed by atoms with van der Waals surface area (Å²) < 4.78 is 14.7. The highest BCUT2D eigenvalue weighted by molar-refractivity contribution is 6.09. The van der Waals surface area contributed by atoms with E-state index < -0.39 is 0 Å². The van der Waals surface area contributed by atoms with E-state index in [2.05, 4.69) is 150 Å². The Morgan fingerprint density at radius 1 is 0.646 bits per heavy atom. The normalized spacial score (nSPS) is 13.1. The molecule has 0 amide bonds. The molecular weight excluding hydrogens is 592 g/mol. The molecular formula is C42H34N4O2. The molecule has 0 unspecified atom stereocenters. The van der Waals surface area contributed by atoms with Crippen LogP contribution in [-0.2, 0) is 5.41 Å². The van der Waals surface area contributed by atoms with Crippen molar-refractivity contribution in [2.75, 3.05) is 16.5 Å². The first-order valence-corrected chi connectivity index (χ1v) is 16.3. The van der Waals surface area contributed by atoms with Gasteiger partial charge in [0.1, 0.15) is 29.6 Å². The van der Waals surface area contributed by atoms with Crippen molar-refractivity contribution < 1.29 is 9.15 Å². The quantitative estimate of drug-likeness (QED) is 0.190. The van der Waals surface area contributed by atoms with E-state index in [0.29, 0.717) is 6.67 Å². The SMILES string of the molecule is CC(C)(C)c1cc(Oc2ccc3c4ccccc4n(-c4cc5occc5cn4)c3c2)cc(N2CN(c3ccccc3)c3ccccc32)c1. The minimum atomic E-state index is -0.0843. The number of ether oxygens (including phenoxy) is 1. The molecule has 4 heterocycles. The molecule has 6 nitrogen and oxygen atoms in total. The van der Waals surface area contributed by atoms with Gasteiger partial charge in [0.05, 0.1) is 28.7 Å². The number of rotatable bonds is 5. The number of benzene rings is 5. The van der Waals surface area contributed by atoms with E-state index in [1.165, 1.54) is 22.6 Å². The zero-order chi connectivity index (χ0) is 32.4. The van der Waals surface area contributed by atoms with E-state index in [0.717, 1.165) is 55.8 Å². The predicted octanol–water partition coefficient (Wildman–Crippen LogP) is 11.3. The Hall–Kier alpha value is -6.01. The molecule has 3 aromatic heterocycles. The molecule has 0 radical (unpaired) electrons. The van der Waals surface area contributed by atoms with Gasteiger partial charge in [0.2, 0.25) is 0 Å². The fourth-order valence-corrected chi connectivity index (χ4v) is 6.86. The Morgan fingerprint density at radius 2 is 1.38 bits per heavy atom. The summed E-state index contributed by atoms with van der Waals surface area (Å²) in [4.78, 5) is 9.57. The maximum Gasteiger partial charge on any atom is 0.141 e. The third-order valence-corrected chi connectivity index (χ3v) is 9.32. The molecule has 1 aliphatic heterocycles. The fraction of sp³-hybridized carbons (Fsp3) is 0.119. The predicted molar refractivity (Wildman–Crippen MR) is 196 cm³/mol. The highest BCUT2D eigenvalue weighted by Crippen LogP contribution is 2.46. The molecule has 6 heteroatoms. The van der Waals surface area contributed by atoms with Gasteiger partial charge in [0, 0.05) is 51.9 Å². The molecule has 1 aliphatic rings. The lowest BCUT2D eigenvalue weighted by molar-refractivity contribution is 0.479. The molecule has 48 heavy (non-hydrogen) atoms. The van der Waals surface area contributed by atoms with Crippen molar-refractivity contribution in [1.29, 1.82) is 0 Å². The molecule has 0 N–H and O–H groups in total. The second kappa shape index (κ2) is 10.8. The summed E-state index contributed by atoms with van der Waals surface area (Å²) in [5, 5.41) is 3.27. The van der Waals surface area contributed by atoms with Crippen LogP contribution in [0.4, 0.5) is 22.7 Å². The molecule has 0 saturated heterocycles. The number of pyridine rings is 1. The average molecular weight is 627 g/mol. The number of furan rings is 1. The van der Waals surface area contributed by atoms with Crippen LogP contribution in [0.3, 0.4) is 0 Å². The number of para-hydroxylation sites is 4. The van der Waals surface area contributed by atoms with Crippen LogP contribution in [-0.4, -0.2) is 16.2 Å². The Kier molecular flexibility index (Phi) is 6.34. The standard InChI is InChI=1S/C42H34N4O2/c1-42(2,3)29-21-31(45-27-44(30-11-5-4-6-12-30)37-15-9-10-16-38(37)45)23-33(22-29)48-32-17-18-35-34-13-7-8-14-36(34)46(39(35)24-32)41-25-40-28(26-43-41)19-20-47-40/h4-26H,27H2,1-3H3. The van der Waals surface area contributed by atoms with Gasteiger partial charge in [-0.3, -0.25) is 4.57 Å². The topological polar surface area (TPSA) is 46.7 Å². The molecule has 0 aliphatic carbocycles. The largest absolute Gasteiger partial charge is 0.464 e. The molecule has 9 rings (SSSR count). The maximum atomic E-state index is 6.77. The van der Waals surface area contributed by atoms with E-state index in [1.54, 1.807) is 6.26 Å². The molecule has 0 spiro atoms. The van der Waals surface area contributed by atoms with Crippen LogP contribution in [0.15, 0.2) is 144 Å². The Labute approximate surface area is 279 Å². The maximum absolute atomic E-state index is 6.77. The van der Waals surface area contributed by atoms with E-state index >= 15 is 0 Å². The van der Waals surface area contributed by atoms with Gasteiger partial charge < -0.3 is 19.0 Å². The van der Waals surface area contributed by atoms with Crippen molar-refractivity contribution in [2.45, 2.75) is 26.2 Å². The fourth-order valence-electron chi connectivity index (χ4n) is 6.86. The average Bonchev–Trinajstić information content (AvgIpc) is 3.82. The lowest BCUT2D eigenvalue weighted by atomic mass is 9.86. The Bertz CT molecular complexity index is 2470. The number of anilines is 4. The Morgan fingerprint density at radius 3 is 2.19 bits per heavy atom. The van der Waals surface area contributed by atoms with Crippen LogP contribution in [0.5, 0.6) is 11.5 Å². The van der Waals surface area contributed by atoms with Gasteiger partial charge in [-0.2, -0.15) is 0 Å². The third kappa shape index (κ3) is 4.68. The number of aromatic nitrogens is 2. The van der Waals surface area contributed by atoms with Gasteiger partial charge in [-0.1, -0.05) is 69.3 Å². The summed E-state index contributed by atoms with van der Waals surface area (Å²) in [6.07, 6.45) is 3.57. The Balaban J connectivity index is 1.15. The molecule has 0 saturated carbocycles. The van der Waals surface area contributed by atoms with Crippen molar-refractivity contribution in [2.24, 2.45) is 0 Å². The van der Waals surface area contributed by atoms with Gasteiger partial charge in [-0.05, 0) is 71.6 Å². The second-order valence-electron chi connectivity index (χ2n) is 13.4. The van der Waals surface area contributed by atoms with Crippen LogP contribution in [0.25, 0.3) is 38.6 Å². The first-order chi connectivity index (χ1) is 23.4. The van der Waals surface area contributed by atoms with Gasteiger partial charge >= 0.3 is 0 Å². The third-order valence-electron chi connectivity index (χ3n) is 9.32. The molecule has 0 bridgehead atoms. The van der Waals surface area contributed by atoms with E-state index in [9.17, 15) is 0 Å². The first kappa shape index (κ1) is 28.2. The first-order valence-electron chi connectivity index (χ1n) is 16.3. The van der Waals surface area contributed by atoms with Crippen LogP contribution < -0.4 is 14.5 Å². The zero-order valence-electron chi connectivity index (χ0n) is 27.1. The lowest BCUT2D eigenvalue weighted by Gasteiger charge is -2.26. The van der Waals surface area contributed by atoms with E-state index in [4.69, 9.17) is 14.1 Å². The number of hydrogen-bond donors (Lipinski definition) is 0. The monoisotopic (exact) mass is 626 g/mol. The smallest absolute Gasteiger partial charge is 0.141 e. The van der Waals surface area contributed by atoms with Crippen LogP contribution in [0, 0.1) is 0 Å². The van der Waals surface area contributed by atoms with E-state index in [1.807, 2.05) is 18.3 Å². The summed E-state index contributed by atoms with van der Waals surface area (Å²) >= 11 is 0. The van der Waals surface area contributed by atoms with Gasteiger partial charge in [0.15, 0.2) is 0 Å². The summed E-state index contributed by atoms with van der Waals surface area (Å²) in [6, 6.07) is 44.5. The zero-order valence-corrected chi connectivity index (χ0v) is 27.1. The van der Waals surface area contributed by atoms with Crippen molar-refractivity contribution in [3.63, 3.8) is 0 Å². The number of nitrogens with zero attached hydrogens (tertiary/aromatic N) is 4. The van der Waals surface area contributed by atoms with Crippen LogP contribution in [0.2, 0.25) is 0 Å². The molecule has 0 atom stereocenters. The second-order valence-corrected chi connectivity index (χ2v) is 13.4. The van der Waals surface area contributed by atoms with Crippen molar-refractivity contribution in [1.82, 2.24) is 9.55 Å². The lowest BCUT2D eigenvalue weighted by Crippen LogP contribution is -2.24. The minimum Gasteiger partial charge on any atom is -0.464 e. The van der Waals surface area contributed by atoms with Crippen molar-refractivity contribution >= 4 is 55.5 Å². The van der Waals surface area contributed by atoms with Crippen LogP contribution >= 0.6 is 0 Å². The van der Waals surface area contributed by atoms with E-state index in [-0.39, 0.29) is 5.41 Å². The van der Waals surface area contributed by atoms with Crippen molar-refractivity contribution in [3.8, 4) is 17.3 Å². The highest BCUT2D eigenvalue weighted by Gasteiger charge is 2.29. The summed E-state index contributed by atoms with van der Waals surface area (Å²) in [7, 11) is 0.